The predicted octanol–water partition coefficient (Wildman–Crippen LogP) is 3.62. The zero-order valence-corrected chi connectivity index (χ0v) is 18.0. The fourth-order valence-electron chi connectivity index (χ4n) is 3.21. The van der Waals surface area contributed by atoms with Crippen molar-refractivity contribution >= 4 is 17.7 Å². The van der Waals surface area contributed by atoms with Gasteiger partial charge in [0, 0.05) is 11.8 Å². The first-order valence-electron chi connectivity index (χ1n) is 9.48. The molecule has 0 spiro atoms. The van der Waals surface area contributed by atoms with E-state index in [2.05, 4.69) is 19.9 Å². The van der Waals surface area contributed by atoms with Gasteiger partial charge in [0.1, 0.15) is 11.2 Å². The average molecular weight is 444 g/mol. The summed E-state index contributed by atoms with van der Waals surface area (Å²) in [7, 11) is 1.33. The summed E-state index contributed by atoms with van der Waals surface area (Å²) in [6.45, 7) is 1.96. The lowest BCUT2D eigenvalue weighted by molar-refractivity contribution is -0.237. The number of halogens is 1. The third-order valence-electron chi connectivity index (χ3n) is 4.92. The molecule has 1 fully saturated rings. The molecule has 1 aromatic carbocycles. The number of imidazole rings is 1. The summed E-state index contributed by atoms with van der Waals surface area (Å²) >= 11 is 1.42. The van der Waals surface area contributed by atoms with Crippen molar-refractivity contribution < 1.29 is 23.4 Å². The minimum atomic E-state index is -0.889. The largest absolute Gasteiger partial charge is 0.468 e. The lowest BCUT2D eigenvalue weighted by atomic mass is 9.92. The van der Waals surface area contributed by atoms with E-state index in [1.807, 2.05) is 6.26 Å². The molecule has 10 heteroatoms. The number of rotatable bonds is 5. The monoisotopic (exact) mass is 444 g/mol. The van der Waals surface area contributed by atoms with Crippen LogP contribution in [0.1, 0.15) is 19.0 Å². The molecule has 0 atom stereocenters. The van der Waals surface area contributed by atoms with E-state index in [4.69, 9.17) is 14.2 Å². The number of aromatic nitrogens is 4. The van der Waals surface area contributed by atoms with E-state index in [0.717, 1.165) is 0 Å². The third kappa shape index (κ3) is 4.32. The van der Waals surface area contributed by atoms with Gasteiger partial charge in [-0.1, -0.05) is 11.8 Å². The van der Waals surface area contributed by atoms with Crippen LogP contribution in [0.25, 0.3) is 22.6 Å². The van der Waals surface area contributed by atoms with Crippen LogP contribution in [0, 0.1) is 11.2 Å². The molecule has 31 heavy (non-hydrogen) atoms. The maximum absolute atomic E-state index is 13.5. The number of ether oxygens (including phenoxy) is 3. The molecule has 0 radical (unpaired) electrons. The minimum Gasteiger partial charge on any atom is -0.468 e. The lowest BCUT2D eigenvalue weighted by Crippen LogP contribution is -2.43. The summed E-state index contributed by atoms with van der Waals surface area (Å²) in [5.74, 6) is -0.317. The molecular weight excluding hydrogens is 423 g/mol. The van der Waals surface area contributed by atoms with Gasteiger partial charge in [0.2, 0.25) is 6.29 Å². The smallest absolute Gasteiger partial charge is 0.316 e. The fraction of sp³-hybridized carbons (Fsp3) is 0.333. The van der Waals surface area contributed by atoms with Crippen molar-refractivity contribution in [2.75, 3.05) is 26.6 Å². The number of methoxy groups -OCH3 is 1. The van der Waals surface area contributed by atoms with Crippen molar-refractivity contribution in [2.45, 2.75) is 18.4 Å². The van der Waals surface area contributed by atoms with Crippen LogP contribution in [0.3, 0.4) is 0 Å². The van der Waals surface area contributed by atoms with Gasteiger partial charge in [-0.05, 0) is 43.5 Å². The second-order valence-electron chi connectivity index (χ2n) is 7.29. The Hall–Kier alpha value is -2.82. The highest BCUT2D eigenvalue weighted by atomic mass is 32.2. The van der Waals surface area contributed by atoms with Crippen LogP contribution in [0.4, 0.5) is 4.39 Å². The normalized spacial score (nSPS) is 21.1. The van der Waals surface area contributed by atoms with Crippen LogP contribution in [0.15, 0.2) is 41.7 Å². The molecule has 3 aromatic rings. The maximum Gasteiger partial charge on any atom is 0.316 e. The van der Waals surface area contributed by atoms with Gasteiger partial charge in [-0.15, -0.1) is 0 Å². The summed E-state index contributed by atoms with van der Waals surface area (Å²) < 4.78 is 29.9. The van der Waals surface area contributed by atoms with E-state index in [1.165, 1.54) is 31.0 Å². The Labute approximate surface area is 182 Å². The molecule has 1 saturated heterocycles. The highest BCUT2D eigenvalue weighted by molar-refractivity contribution is 7.98. The van der Waals surface area contributed by atoms with Crippen LogP contribution in [-0.4, -0.2) is 52.5 Å². The van der Waals surface area contributed by atoms with Gasteiger partial charge >= 0.3 is 5.97 Å². The quantitative estimate of drug-likeness (QED) is 0.362. The molecule has 162 valence electrons. The summed E-state index contributed by atoms with van der Waals surface area (Å²) in [5, 5.41) is 0.609. The van der Waals surface area contributed by atoms with Gasteiger partial charge in [-0.3, -0.25) is 4.79 Å². The molecule has 1 aliphatic rings. The molecule has 0 unspecified atom stereocenters. The van der Waals surface area contributed by atoms with Gasteiger partial charge in [0.05, 0.1) is 37.4 Å². The van der Waals surface area contributed by atoms with Crippen molar-refractivity contribution in [3.63, 3.8) is 0 Å². The summed E-state index contributed by atoms with van der Waals surface area (Å²) in [6.07, 6.45) is 2.76. The number of carbonyl (C=O) groups is 1. The van der Waals surface area contributed by atoms with E-state index < -0.39 is 17.7 Å². The maximum atomic E-state index is 13.5. The number of hydrogen-bond acceptors (Lipinski definition) is 8. The molecule has 0 amide bonds. The molecule has 1 aliphatic heterocycles. The number of benzene rings is 1. The van der Waals surface area contributed by atoms with E-state index in [1.54, 1.807) is 31.3 Å². The van der Waals surface area contributed by atoms with Crippen LogP contribution in [0.2, 0.25) is 0 Å². The molecule has 0 bridgehead atoms. The SMILES string of the molecule is COC(=O)C1(C)COC(c2nc(-c3ccc(F)cc3)c(-c3ccnc(SC)n3)[nH]2)OC1. The Bertz CT molecular complexity index is 1080. The Kier molecular flexibility index (Phi) is 6.03. The first-order chi connectivity index (χ1) is 14.9. The first-order valence-corrected chi connectivity index (χ1v) is 10.7. The second-order valence-corrected chi connectivity index (χ2v) is 8.06. The molecular formula is C21H21FN4O4S. The summed E-state index contributed by atoms with van der Waals surface area (Å²) in [5.41, 5.74) is 1.66. The number of hydrogen-bond donors (Lipinski definition) is 1. The van der Waals surface area contributed by atoms with Crippen LogP contribution >= 0.6 is 11.8 Å². The molecule has 1 N–H and O–H groups in total. The molecule has 0 aliphatic carbocycles. The van der Waals surface area contributed by atoms with E-state index in [0.29, 0.717) is 33.6 Å². The van der Waals surface area contributed by atoms with Crippen molar-refractivity contribution in [3.8, 4) is 22.6 Å². The van der Waals surface area contributed by atoms with Gasteiger partial charge in [0.15, 0.2) is 11.0 Å². The molecule has 3 heterocycles. The van der Waals surface area contributed by atoms with Crippen LogP contribution < -0.4 is 0 Å². The first kappa shape index (κ1) is 21.4. The molecule has 8 nitrogen and oxygen atoms in total. The number of esters is 1. The molecule has 2 aromatic heterocycles. The van der Waals surface area contributed by atoms with Gasteiger partial charge in [-0.25, -0.2) is 19.3 Å². The van der Waals surface area contributed by atoms with Crippen molar-refractivity contribution in [3.05, 3.63) is 48.2 Å². The predicted molar refractivity (Wildman–Crippen MR) is 112 cm³/mol. The third-order valence-corrected chi connectivity index (χ3v) is 5.48. The highest BCUT2D eigenvalue weighted by Crippen LogP contribution is 2.36. The number of aromatic amines is 1. The number of thioether (sulfide) groups is 1. The van der Waals surface area contributed by atoms with Crippen molar-refractivity contribution in [1.29, 1.82) is 0 Å². The van der Waals surface area contributed by atoms with Crippen molar-refractivity contribution in [1.82, 2.24) is 19.9 Å². The zero-order chi connectivity index (χ0) is 22.0. The number of H-pyrrole nitrogens is 1. The Morgan fingerprint density at radius 3 is 2.58 bits per heavy atom. The van der Waals surface area contributed by atoms with Gasteiger partial charge < -0.3 is 19.2 Å². The zero-order valence-electron chi connectivity index (χ0n) is 17.2. The van der Waals surface area contributed by atoms with E-state index >= 15 is 0 Å². The fourth-order valence-corrected chi connectivity index (χ4v) is 3.57. The second kappa shape index (κ2) is 8.74. The Morgan fingerprint density at radius 2 is 1.94 bits per heavy atom. The number of nitrogens with zero attached hydrogens (tertiary/aromatic N) is 3. The molecule has 0 saturated carbocycles. The summed E-state index contributed by atoms with van der Waals surface area (Å²) in [4.78, 5) is 28.6. The van der Waals surface area contributed by atoms with Crippen molar-refractivity contribution in [2.24, 2.45) is 5.41 Å². The number of nitrogens with one attached hydrogen (secondary N) is 1. The van der Waals surface area contributed by atoms with Gasteiger partial charge in [-0.2, -0.15) is 0 Å². The van der Waals surface area contributed by atoms with Crippen LogP contribution in [-0.2, 0) is 19.0 Å². The number of carbonyl (C=O) groups excluding carboxylic acids is 1. The minimum absolute atomic E-state index is 0.121. The Morgan fingerprint density at radius 1 is 1.23 bits per heavy atom. The molecule has 4 rings (SSSR count). The lowest BCUT2D eigenvalue weighted by Gasteiger charge is -2.34. The summed E-state index contributed by atoms with van der Waals surface area (Å²) in [6, 6.07) is 7.80. The average Bonchev–Trinajstić information content (AvgIpc) is 3.25. The Balaban J connectivity index is 1.70. The topological polar surface area (TPSA) is 99.2 Å². The van der Waals surface area contributed by atoms with E-state index in [9.17, 15) is 9.18 Å². The van der Waals surface area contributed by atoms with Crippen LogP contribution in [0.5, 0.6) is 0 Å². The standard InChI is InChI=1S/C21H21FN4O4S/c1-21(19(27)28-2)10-29-18(30-11-21)17-25-15(12-4-6-13(22)7-5-12)16(26-17)14-8-9-23-20(24-14)31-3/h4-9,18H,10-11H2,1-3H3,(H,25,26). The highest BCUT2D eigenvalue weighted by Gasteiger charge is 2.41. The van der Waals surface area contributed by atoms with E-state index in [-0.39, 0.29) is 19.0 Å². The van der Waals surface area contributed by atoms with Gasteiger partial charge in [0.25, 0.3) is 0 Å².